The first-order valence-electron chi connectivity index (χ1n) is 5.74. The van der Waals surface area contributed by atoms with Gasteiger partial charge in [-0.1, -0.05) is 5.21 Å². The van der Waals surface area contributed by atoms with Gasteiger partial charge in [0.25, 0.3) is 0 Å². The molecular weight excluding hydrogens is 284 g/mol. The number of sulfonamides is 1. The van der Waals surface area contributed by atoms with Gasteiger partial charge in [0.15, 0.2) is 0 Å². The van der Waals surface area contributed by atoms with Crippen molar-refractivity contribution in [2.45, 2.75) is 18.0 Å². The van der Waals surface area contributed by atoms with E-state index in [1.54, 1.807) is 10.9 Å². The number of rotatable bonds is 6. The molecule has 0 saturated carbocycles. The Morgan fingerprint density at radius 1 is 1.30 bits per heavy atom. The zero-order valence-electron chi connectivity index (χ0n) is 10.5. The van der Waals surface area contributed by atoms with Gasteiger partial charge in [-0.2, -0.15) is 0 Å². The van der Waals surface area contributed by atoms with E-state index >= 15 is 0 Å². The Morgan fingerprint density at radius 2 is 2.00 bits per heavy atom. The lowest BCUT2D eigenvalue weighted by molar-refractivity contribution is 0.276. The Bertz CT molecular complexity index is 666. The van der Waals surface area contributed by atoms with Crippen molar-refractivity contribution in [1.29, 1.82) is 0 Å². The first-order chi connectivity index (χ1) is 9.49. The number of hydrogen-bond acceptors (Lipinski definition) is 6. The fourth-order valence-corrected chi connectivity index (χ4v) is 2.02. The Morgan fingerprint density at radius 3 is 2.55 bits per heavy atom. The van der Waals surface area contributed by atoms with Crippen LogP contribution in [-0.2, 0) is 23.2 Å². The third kappa shape index (κ3) is 3.76. The molecular formula is C11H14N4O4S. The van der Waals surface area contributed by atoms with Crippen molar-refractivity contribution >= 4 is 10.0 Å². The van der Waals surface area contributed by atoms with Gasteiger partial charge in [0.1, 0.15) is 18.1 Å². The van der Waals surface area contributed by atoms with E-state index in [2.05, 4.69) is 10.3 Å². The molecule has 0 spiro atoms. The molecule has 0 saturated heterocycles. The van der Waals surface area contributed by atoms with Crippen LogP contribution in [-0.4, -0.2) is 35.1 Å². The van der Waals surface area contributed by atoms with Crippen LogP contribution in [0, 0.1) is 0 Å². The highest BCUT2D eigenvalue weighted by molar-refractivity contribution is 7.89. The van der Waals surface area contributed by atoms with E-state index in [9.17, 15) is 8.42 Å². The average molecular weight is 298 g/mol. The van der Waals surface area contributed by atoms with Gasteiger partial charge in [-0.25, -0.2) is 18.2 Å². The Labute approximate surface area is 115 Å². The number of aliphatic hydroxyl groups is 1. The number of hydrogen-bond donors (Lipinski definition) is 2. The van der Waals surface area contributed by atoms with Crippen LogP contribution >= 0.6 is 0 Å². The molecule has 0 aliphatic heterocycles. The summed E-state index contributed by atoms with van der Waals surface area (Å²) >= 11 is 0. The molecule has 9 heteroatoms. The molecule has 1 heterocycles. The molecule has 1 aromatic carbocycles. The summed E-state index contributed by atoms with van der Waals surface area (Å²) in [5, 5.41) is 21.4. The second-order valence-corrected chi connectivity index (χ2v) is 5.56. The minimum absolute atomic E-state index is 0.0358. The lowest BCUT2D eigenvalue weighted by Crippen LogP contribution is -2.12. The standard InChI is InChI=1S/C11H14N4O4S/c12-20(17,18)11-3-1-10(2-4-11)19-6-5-15-7-9(8-16)13-14-15/h1-4,7,16H,5-6,8H2,(H2,12,17,18). The number of ether oxygens (including phenoxy) is 1. The lowest BCUT2D eigenvalue weighted by Gasteiger charge is -2.06. The van der Waals surface area contributed by atoms with Crippen LogP contribution < -0.4 is 9.88 Å². The summed E-state index contributed by atoms with van der Waals surface area (Å²) in [6.07, 6.45) is 1.62. The number of nitrogens with zero attached hydrogens (tertiary/aromatic N) is 3. The monoisotopic (exact) mass is 298 g/mol. The summed E-state index contributed by atoms with van der Waals surface area (Å²) in [7, 11) is -3.68. The summed E-state index contributed by atoms with van der Waals surface area (Å²) in [5.41, 5.74) is 0.488. The van der Waals surface area contributed by atoms with Crippen LogP contribution in [0.2, 0.25) is 0 Å². The number of primary sulfonamides is 1. The molecule has 0 radical (unpaired) electrons. The minimum atomic E-state index is -3.68. The first kappa shape index (κ1) is 14.4. The van der Waals surface area contributed by atoms with Crippen molar-refractivity contribution in [3.63, 3.8) is 0 Å². The summed E-state index contributed by atoms with van der Waals surface area (Å²) < 4.78 is 29.1. The van der Waals surface area contributed by atoms with Gasteiger partial charge in [-0.3, -0.25) is 0 Å². The van der Waals surface area contributed by atoms with E-state index in [0.717, 1.165) is 0 Å². The smallest absolute Gasteiger partial charge is 0.238 e. The van der Waals surface area contributed by atoms with Crippen LogP contribution in [0.25, 0.3) is 0 Å². The molecule has 0 aliphatic carbocycles. The molecule has 1 aromatic heterocycles. The van der Waals surface area contributed by atoms with E-state index in [1.807, 2.05) is 0 Å². The topological polar surface area (TPSA) is 120 Å². The minimum Gasteiger partial charge on any atom is -0.492 e. The molecule has 0 unspecified atom stereocenters. The number of benzene rings is 1. The van der Waals surface area contributed by atoms with E-state index in [0.29, 0.717) is 24.6 Å². The van der Waals surface area contributed by atoms with Crippen LogP contribution in [0.1, 0.15) is 5.69 Å². The largest absolute Gasteiger partial charge is 0.492 e. The summed E-state index contributed by atoms with van der Waals surface area (Å²) in [6, 6.07) is 5.81. The molecule has 2 rings (SSSR count). The highest BCUT2D eigenvalue weighted by Crippen LogP contribution is 2.14. The molecule has 0 amide bonds. The maximum Gasteiger partial charge on any atom is 0.238 e. The molecule has 0 atom stereocenters. The molecule has 108 valence electrons. The Balaban J connectivity index is 1.88. The Hall–Kier alpha value is -1.97. The van der Waals surface area contributed by atoms with E-state index < -0.39 is 10.0 Å². The van der Waals surface area contributed by atoms with Gasteiger partial charge in [-0.15, -0.1) is 5.10 Å². The average Bonchev–Trinajstić information content (AvgIpc) is 2.86. The molecule has 0 fully saturated rings. The van der Waals surface area contributed by atoms with Crippen LogP contribution in [0.15, 0.2) is 35.4 Å². The fraction of sp³-hybridized carbons (Fsp3) is 0.273. The molecule has 0 bridgehead atoms. The number of aliphatic hydroxyl groups excluding tert-OH is 1. The molecule has 3 N–H and O–H groups in total. The second-order valence-electron chi connectivity index (χ2n) is 4.00. The first-order valence-corrected chi connectivity index (χ1v) is 7.29. The van der Waals surface area contributed by atoms with Crippen LogP contribution in [0.4, 0.5) is 0 Å². The molecule has 0 aliphatic rings. The van der Waals surface area contributed by atoms with Gasteiger partial charge < -0.3 is 9.84 Å². The highest BCUT2D eigenvalue weighted by atomic mass is 32.2. The van der Waals surface area contributed by atoms with Crippen molar-refractivity contribution in [1.82, 2.24) is 15.0 Å². The summed E-state index contributed by atoms with van der Waals surface area (Å²) in [5.74, 6) is 0.528. The van der Waals surface area contributed by atoms with Crippen molar-refractivity contribution in [2.75, 3.05) is 6.61 Å². The maximum absolute atomic E-state index is 11.1. The quantitative estimate of drug-likeness (QED) is 0.741. The normalized spacial score (nSPS) is 11.5. The summed E-state index contributed by atoms with van der Waals surface area (Å²) in [6.45, 7) is 0.642. The summed E-state index contributed by atoms with van der Waals surface area (Å²) in [4.78, 5) is 0.0358. The fourth-order valence-electron chi connectivity index (χ4n) is 1.50. The highest BCUT2D eigenvalue weighted by Gasteiger charge is 2.07. The van der Waals surface area contributed by atoms with E-state index in [-0.39, 0.29) is 11.5 Å². The molecule has 2 aromatic rings. The maximum atomic E-state index is 11.1. The lowest BCUT2D eigenvalue weighted by atomic mass is 10.3. The Kier molecular flexibility index (Phi) is 4.32. The SMILES string of the molecule is NS(=O)(=O)c1ccc(OCCn2cc(CO)nn2)cc1. The van der Waals surface area contributed by atoms with E-state index in [1.165, 1.54) is 24.3 Å². The number of nitrogens with two attached hydrogens (primary N) is 1. The van der Waals surface area contributed by atoms with Crippen LogP contribution in [0.3, 0.4) is 0 Å². The second kappa shape index (κ2) is 5.99. The third-order valence-corrected chi connectivity index (χ3v) is 3.42. The zero-order valence-corrected chi connectivity index (χ0v) is 11.3. The van der Waals surface area contributed by atoms with Gasteiger partial charge in [-0.05, 0) is 24.3 Å². The molecule has 8 nitrogen and oxygen atoms in total. The predicted octanol–water partition coefficient (Wildman–Crippen LogP) is -0.503. The van der Waals surface area contributed by atoms with Crippen LogP contribution in [0.5, 0.6) is 5.75 Å². The molecule has 20 heavy (non-hydrogen) atoms. The van der Waals surface area contributed by atoms with E-state index in [4.69, 9.17) is 15.0 Å². The zero-order chi connectivity index (χ0) is 14.6. The van der Waals surface area contributed by atoms with Crippen molar-refractivity contribution < 1.29 is 18.3 Å². The van der Waals surface area contributed by atoms with Gasteiger partial charge in [0.05, 0.1) is 24.2 Å². The predicted molar refractivity (Wildman–Crippen MR) is 69.3 cm³/mol. The number of aromatic nitrogens is 3. The van der Waals surface area contributed by atoms with Crippen molar-refractivity contribution in [2.24, 2.45) is 5.14 Å². The third-order valence-electron chi connectivity index (χ3n) is 2.49. The van der Waals surface area contributed by atoms with Crippen molar-refractivity contribution in [3.05, 3.63) is 36.2 Å². The van der Waals surface area contributed by atoms with Crippen molar-refractivity contribution in [3.8, 4) is 5.75 Å². The van der Waals surface area contributed by atoms with Gasteiger partial charge >= 0.3 is 0 Å². The van der Waals surface area contributed by atoms with Gasteiger partial charge in [0.2, 0.25) is 10.0 Å². The van der Waals surface area contributed by atoms with Gasteiger partial charge in [0, 0.05) is 0 Å².